The van der Waals surface area contributed by atoms with E-state index in [2.05, 4.69) is 5.32 Å². The minimum Gasteiger partial charge on any atom is -0.340 e. The van der Waals surface area contributed by atoms with Gasteiger partial charge in [-0.3, -0.25) is 9.59 Å². The molecule has 1 saturated carbocycles. The van der Waals surface area contributed by atoms with Crippen molar-refractivity contribution in [2.75, 3.05) is 11.4 Å². The van der Waals surface area contributed by atoms with Gasteiger partial charge in [-0.05, 0) is 31.0 Å². The summed E-state index contributed by atoms with van der Waals surface area (Å²) in [5.74, 6) is -0.683. The van der Waals surface area contributed by atoms with Gasteiger partial charge in [0.2, 0.25) is 5.91 Å². The Bertz CT molecular complexity index is 553. The van der Waals surface area contributed by atoms with Gasteiger partial charge in [0.15, 0.2) is 0 Å². The van der Waals surface area contributed by atoms with Crippen LogP contribution in [0.4, 0.5) is 10.1 Å². The number of anilines is 1. The third kappa shape index (κ3) is 2.17. The van der Waals surface area contributed by atoms with E-state index in [4.69, 9.17) is 0 Å². The van der Waals surface area contributed by atoms with Gasteiger partial charge in [-0.25, -0.2) is 4.39 Å². The lowest BCUT2D eigenvalue weighted by molar-refractivity contribution is -0.137. The van der Waals surface area contributed by atoms with Gasteiger partial charge in [0.25, 0.3) is 5.91 Å². The van der Waals surface area contributed by atoms with E-state index in [1.165, 1.54) is 17.0 Å². The quantitative estimate of drug-likeness (QED) is 0.852. The van der Waals surface area contributed by atoms with E-state index in [1.807, 2.05) is 0 Å². The van der Waals surface area contributed by atoms with Crippen molar-refractivity contribution in [3.05, 3.63) is 30.1 Å². The molecule has 1 heterocycles. The number of nitrogens with one attached hydrogen (secondary N) is 1. The Morgan fingerprint density at radius 2 is 1.90 bits per heavy atom. The summed E-state index contributed by atoms with van der Waals surface area (Å²) in [7, 11) is 0. The lowest BCUT2D eigenvalue weighted by Gasteiger charge is -2.44. The first kappa shape index (κ1) is 13.1. The molecule has 1 aromatic carbocycles. The number of benzene rings is 1. The van der Waals surface area contributed by atoms with Crippen molar-refractivity contribution in [2.45, 2.75) is 37.6 Å². The number of nitrogens with zero attached hydrogens (tertiary/aromatic N) is 1. The van der Waals surface area contributed by atoms with Crippen molar-refractivity contribution in [2.24, 2.45) is 0 Å². The molecule has 2 amide bonds. The predicted octanol–water partition coefficient (Wildman–Crippen LogP) is 1.99. The second kappa shape index (κ2) is 4.89. The van der Waals surface area contributed by atoms with Crippen LogP contribution in [0.3, 0.4) is 0 Å². The molecule has 20 heavy (non-hydrogen) atoms. The largest absolute Gasteiger partial charge is 0.340 e. The molecule has 0 aromatic heterocycles. The molecule has 0 bridgehead atoms. The monoisotopic (exact) mass is 276 g/mol. The summed E-state index contributed by atoms with van der Waals surface area (Å²) >= 11 is 0. The highest BCUT2D eigenvalue weighted by atomic mass is 19.1. The topological polar surface area (TPSA) is 49.4 Å². The molecular formula is C15H17FN2O2. The van der Waals surface area contributed by atoms with Crippen LogP contribution in [0.1, 0.15) is 32.1 Å². The van der Waals surface area contributed by atoms with E-state index in [9.17, 15) is 14.0 Å². The zero-order valence-electron chi connectivity index (χ0n) is 11.2. The number of halogens is 1. The normalized spacial score (nSPS) is 21.9. The number of carbonyl (C=O) groups excluding carboxylic acids is 2. The molecular weight excluding hydrogens is 259 g/mol. The van der Waals surface area contributed by atoms with Gasteiger partial charge in [-0.1, -0.05) is 25.3 Å². The lowest BCUT2D eigenvalue weighted by Crippen LogP contribution is -2.67. The van der Waals surface area contributed by atoms with E-state index in [0.29, 0.717) is 18.5 Å². The highest BCUT2D eigenvalue weighted by molar-refractivity contribution is 6.09. The van der Waals surface area contributed by atoms with Crippen molar-refractivity contribution >= 4 is 17.5 Å². The SMILES string of the molecule is O=C1CN(c2cccc(F)c2)C(=O)C2(CCCCC2)N1. The summed E-state index contributed by atoms with van der Waals surface area (Å²) in [6.45, 7) is -0.0377. The van der Waals surface area contributed by atoms with Gasteiger partial charge in [0.1, 0.15) is 17.9 Å². The molecule has 1 spiro atoms. The van der Waals surface area contributed by atoms with Crippen LogP contribution in [0, 0.1) is 5.82 Å². The maximum absolute atomic E-state index is 13.3. The second-order valence-corrected chi connectivity index (χ2v) is 5.56. The summed E-state index contributed by atoms with van der Waals surface area (Å²) in [4.78, 5) is 26.1. The van der Waals surface area contributed by atoms with Gasteiger partial charge in [0, 0.05) is 5.69 Å². The minimum atomic E-state index is -0.778. The van der Waals surface area contributed by atoms with E-state index < -0.39 is 11.4 Å². The molecule has 1 aromatic rings. The molecule has 1 N–H and O–H groups in total. The zero-order valence-corrected chi connectivity index (χ0v) is 11.2. The van der Waals surface area contributed by atoms with E-state index in [1.54, 1.807) is 12.1 Å². The van der Waals surface area contributed by atoms with Gasteiger partial charge in [-0.15, -0.1) is 0 Å². The molecule has 1 aliphatic carbocycles. The van der Waals surface area contributed by atoms with Crippen molar-refractivity contribution in [1.82, 2.24) is 5.32 Å². The van der Waals surface area contributed by atoms with Crippen molar-refractivity contribution < 1.29 is 14.0 Å². The molecule has 106 valence electrons. The van der Waals surface area contributed by atoms with Crippen LogP contribution in [0.15, 0.2) is 24.3 Å². The number of piperazine rings is 1. The number of hydrogen-bond donors (Lipinski definition) is 1. The Labute approximate surface area is 117 Å². The highest BCUT2D eigenvalue weighted by Gasteiger charge is 2.47. The fraction of sp³-hybridized carbons (Fsp3) is 0.467. The molecule has 2 aliphatic rings. The third-order valence-corrected chi connectivity index (χ3v) is 4.16. The van der Waals surface area contributed by atoms with E-state index >= 15 is 0 Å². The summed E-state index contributed by atoms with van der Waals surface area (Å²) in [6, 6.07) is 5.84. The molecule has 3 rings (SSSR count). The van der Waals surface area contributed by atoms with Gasteiger partial charge < -0.3 is 10.2 Å². The lowest BCUT2D eigenvalue weighted by atomic mass is 9.79. The molecule has 5 heteroatoms. The molecule has 2 fully saturated rings. The van der Waals surface area contributed by atoms with Gasteiger partial charge >= 0.3 is 0 Å². The summed E-state index contributed by atoms with van der Waals surface area (Å²) in [6.07, 6.45) is 4.30. The average molecular weight is 276 g/mol. The average Bonchev–Trinajstić information content (AvgIpc) is 2.44. The maximum atomic E-state index is 13.3. The van der Waals surface area contributed by atoms with Crippen molar-refractivity contribution in [1.29, 1.82) is 0 Å². The van der Waals surface area contributed by atoms with Crippen LogP contribution < -0.4 is 10.2 Å². The van der Waals surface area contributed by atoms with Crippen LogP contribution in [0.2, 0.25) is 0 Å². The Hall–Kier alpha value is -1.91. The Balaban J connectivity index is 1.95. The molecule has 1 aliphatic heterocycles. The maximum Gasteiger partial charge on any atom is 0.253 e. The smallest absolute Gasteiger partial charge is 0.253 e. The fourth-order valence-electron chi connectivity index (χ4n) is 3.18. The Morgan fingerprint density at radius 1 is 1.15 bits per heavy atom. The number of amides is 2. The fourth-order valence-corrected chi connectivity index (χ4v) is 3.18. The van der Waals surface area contributed by atoms with Crippen molar-refractivity contribution in [3.8, 4) is 0 Å². The zero-order chi connectivity index (χ0) is 14.2. The molecule has 0 unspecified atom stereocenters. The predicted molar refractivity (Wildman–Crippen MR) is 72.7 cm³/mol. The standard InChI is InChI=1S/C15H17FN2O2/c16-11-5-4-6-12(9-11)18-10-13(19)17-15(14(18)20)7-2-1-3-8-15/h4-6,9H,1-3,7-8,10H2,(H,17,19). The highest BCUT2D eigenvalue weighted by Crippen LogP contribution is 2.33. The minimum absolute atomic E-state index is 0.0377. The van der Waals surface area contributed by atoms with Crippen LogP contribution in [0.25, 0.3) is 0 Å². The Morgan fingerprint density at radius 3 is 2.60 bits per heavy atom. The Kier molecular flexibility index (Phi) is 3.20. The molecule has 1 saturated heterocycles. The number of hydrogen-bond acceptors (Lipinski definition) is 2. The first-order valence-electron chi connectivity index (χ1n) is 6.99. The molecule has 4 nitrogen and oxygen atoms in total. The molecule has 0 radical (unpaired) electrons. The first-order chi connectivity index (χ1) is 9.61. The van der Waals surface area contributed by atoms with Crippen molar-refractivity contribution in [3.63, 3.8) is 0 Å². The van der Waals surface area contributed by atoms with Crippen LogP contribution in [0.5, 0.6) is 0 Å². The number of carbonyl (C=O) groups is 2. The van der Waals surface area contributed by atoms with Crippen LogP contribution in [-0.2, 0) is 9.59 Å². The van der Waals surface area contributed by atoms with Gasteiger partial charge in [-0.2, -0.15) is 0 Å². The summed E-state index contributed by atoms with van der Waals surface area (Å²) in [5.41, 5.74) is -0.324. The van der Waals surface area contributed by atoms with Gasteiger partial charge in [0.05, 0.1) is 0 Å². The third-order valence-electron chi connectivity index (χ3n) is 4.16. The second-order valence-electron chi connectivity index (χ2n) is 5.56. The van der Waals surface area contributed by atoms with Crippen LogP contribution >= 0.6 is 0 Å². The van der Waals surface area contributed by atoms with E-state index in [0.717, 1.165) is 19.3 Å². The number of rotatable bonds is 1. The van der Waals surface area contributed by atoms with Crippen LogP contribution in [-0.4, -0.2) is 23.9 Å². The summed E-state index contributed by atoms with van der Waals surface area (Å²) in [5, 5.41) is 2.87. The van der Waals surface area contributed by atoms with E-state index in [-0.39, 0.29) is 18.4 Å². The summed E-state index contributed by atoms with van der Waals surface area (Å²) < 4.78 is 13.3. The first-order valence-corrected chi connectivity index (χ1v) is 6.99. The molecule has 0 atom stereocenters.